The number of carbonyl (C=O) groups excluding carboxylic acids is 1. The summed E-state index contributed by atoms with van der Waals surface area (Å²) in [6.45, 7) is 2.73. The van der Waals surface area contributed by atoms with Crippen LogP contribution in [0.15, 0.2) is 30.3 Å². The van der Waals surface area contributed by atoms with Crippen LogP contribution in [0.3, 0.4) is 0 Å². The average molecular weight is 294 g/mol. The average Bonchev–Trinajstić information content (AvgIpc) is 2.52. The summed E-state index contributed by atoms with van der Waals surface area (Å²) in [5.41, 5.74) is 1.06. The number of hydrogen-bond donors (Lipinski definition) is 3. The Kier molecular flexibility index (Phi) is 10.1. The second kappa shape index (κ2) is 12.2. The second-order valence-corrected chi connectivity index (χ2v) is 4.86. The van der Waals surface area contributed by atoms with Crippen LogP contribution in [-0.4, -0.2) is 37.5 Å². The lowest BCUT2D eigenvalue weighted by Gasteiger charge is -2.07. The van der Waals surface area contributed by atoms with Gasteiger partial charge in [-0.3, -0.25) is 0 Å². The van der Waals surface area contributed by atoms with Crippen molar-refractivity contribution in [3.05, 3.63) is 35.9 Å². The number of nitrogens with one attached hydrogen (secondary N) is 2. The molecule has 0 fully saturated rings. The summed E-state index contributed by atoms with van der Waals surface area (Å²) in [7, 11) is 0. The highest BCUT2D eigenvalue weighted by atomic mass is 16.5. The van der Waals surface area contributed by atoms with E-state index >= 15 is 0 Å². The molecule has 0 aromatic heterocycles. The standard InChI is InChI=1S/C16H26N2O3/c19-12-11-17-10-6-1-2-7-13-21-16(20)18-14-15-8-4-3-5-9-15/h3-5,8-9,17,19H,1-2,6-7,10-14H2,(H,18,20). The smallest absolute Gasteiger partial charge is 0.407 e. The number of amides is 1. The molecule has 21 heavy (non-hydrogen) atoms. The fourth-order valence-corrected chi connectivity index (χ4v) is 1.90. The zero-order valence-electron chi connectivity index (χ0n) is 12.5. The number of ether oxygens (including phenoxy) is 1. The quantitative estimate of drug-likeness (QED) is 0.546. The van der Waals surface area contributed by atoms with Crippen molar-refractivity contribution in [2.45, 2.75) is 32.2 Å². The first-order chi connectivity index (χ1) is 10.3. The Morgan fingerprint density at radius 1 is 1.05 bits per heavy atom. The van der Waals surface area contributed by atoms with E-state index in [1.165, 1.54) is 0 Å². The molecule has 0 saturated carbocycles. The summed E-state index contributed by atoms with van der Waals surface area (Å²) in [6.07, 6.45) is 3.77. The molecule has 0 spiro atoms. The van der Waals surface area contributed by atoms with Gasteiger partial charge in [0.25, 0.3) is 0 Å². The molecule has 1 amide bonds. The molecule has 0 atom stereocenters. The molecule has 3 N–H and O–H groups in total. The van der Waals surface area contributed by atoms with Crippen molar-refractivity contribution in [2.24, 2.45) is 0 Å². The summed E-state index contributed by atoms with van der Waals surface area (Å²) in [4.78, 5) is 11.5. The predicted octanol–water partition coefficient (Wildman–Crippen LogP) is 2.06. The summed E-state index contributed by atoms with van der Waals surface area (Å²) >= 11 is 0. The third kappa shape index (κ3) is 9.87. The predicted molar refractivity (Wildman–Crippen MR) is 83.1 cm³/mol. The number of benzene rings is 1. The minimum Gasteiger partial charge on any atom is -0.450 e. The molecule has 0 unspecified atom stereocenters. The Balaban J connectivity index is 1.89. The van der Waals surface area contributed by atoms with Crippen LogP contribution in [0.4, 0.5) is 4.79 Å². The SMILES string of the molecule is O=C(NCc1ccccc1)OCCCCCCNCCO. The summed E-state index contributed by atoms with van der Waals surface area (Å²) in [6, 6.07) is 9.76. The monoisotopic (exact) mass is 294 g/mol. The molecule has 0 bridgehead atoms. The van der Waals surface area contributed by atoms with Crippen LogP contribution >= 0.6 is 0 Å². The van der Waals surface area contributed by atoms with Crippen LogP contribution in [0, 0.1) is 0 Å². The van der Waals surface area contributed by atoms with Gasteiger partial charge < -0.3 is 20.5 Å². The number of unbranched alkanes of at least 4 members (excludes halogenated alkanes) is 3. The molecule has 118 valence electrons. The van der Waals surface area contributed by atoms with E-state index in [1.807, 2.05) is 30.3 Å². The van der Waals surface area contributed by atoms with Gasteiger partial charge in [0.1, 0.15) is 0 Å². The highest BCUT2D eigenvalue weighted by Crippen LogP contribution is 2.00. The number of carbonyl (C=O) groups is 1. The highest BCUT2D eigenvalue weighted by Gasteiger charge is 2.01. The zero-order valence-corrected chi connectivity index (χ0v) is 12.5. The minimum atomic E-state index is -0.358. The van der Waals surface area contributed by atoms with Crippen LogP contribution in [0.25, 0.3) is 0 Å². The van der Waals surface area contributed by atoms with Gasteiger partial charge in [0.15, 0.2) is 0 Å². The first kappa shape index (κ1) is 17.5. The number of aliphatic hydroxyl groups is 1. The molecule has 0 aliphatic heterocycles. The lowest BCUT2D eigenvalue weighted by atomic mass is 10.2. The normalized spacial score (nSPS) is 10.3. The molecule has 0 aliphatic rings. The fraction of sp³-hybridized carbons (Fsp3) is 0.562. The molecule has 1 aromatic carbocycles. The molecule has 1 aromatic rings. The van der Waals surface area contributed by atoms with Gasteiger partial charge in [0.05, 0.1) is 13.2 Å². The Morgan fingerprint density at radius 2 is 1.81 bits per heavy atom. The Morgan fingerprint density at radius 3 is 2.57 bits per heavy atom. The van der Waals surface area contributed by atoms with Crippen LogP contribution in [0.1, 0.15) is 31.2 Å². The molecule has 5 nitrogen and oxygen atoms in total. The van der Waals surface area contributed by atoms with Crippen molar-refractivity contribution in [3.63, 3.8) is 0 Å². The van der Waals surface area contributed by atoms with E-state index < -0.39 is 0 Å². The summed E-state index contributed by atoms with van der Waals surface area (Å²) in [5, 5.41) is 14.5. The lowest BCUT2D eigenvalue weighted by Crippen LogP contribution is -2.24. The van der Waals surface area contributed by atoms with E-state index in [2.05, 4.69) is 10.6 Å². The van der Waals surface area contributed by atoms with Crippen LogP contribution in [0.5, 0.6) is 0 Å². The van der Waals surface area contributed by atoms with Gasteiger partial charge in [-0.15, -0.1) is 0 Å². The summed E-state index contributed by atoms with van der Waals surface area (Å²) in [5.74, 6) is 0. The van der Waals surface area contributed by atoms with Crippen LogP contribution in [0.2, 0.25) is 0 Å². The summed E-state index contributed by atoms with van der Waals surface area (Å²) < 4.78 is 5.11. The molecule has 0 heterocycles. The topological polar surface area (TPSA) is 70.6 Å². The van der Waals surface area contributed by atoms with Crippen LogP contribution < -0.4 is 10.6 Å². The lowest BCUT2D eigenvalue weighted by molar-refractivity contribution is 0.143. The van der Waals surface area contributed by atoms with E-state index in [-0.39, 0.29) is 12.7 Å². The van der Waals surface area contributed by atoms with Gasteiger partial charge in [-0.05, 0) is 24.9 Å². The van der Waals surface area contributed by atoms with Gasteiger partial charge in [0, 0.05) is 13.1 Å². The first-order valence-electron chi connectivity index (χ1n) is 7.59. The van der Waals surface area contributed by atoms with Crippen molar-refractivity contribution in [2.75, 3.05) is 26.3 Å². The van der Waals surface area contributed by atoms with Gasteiger partial charge in [-0.1, -0.05) is 43.2 Å². The number of hydrogen-bond acceptors (Lipinski definition) is 4. The largest absolute Gasteiger partial charge is 0.450 e. The minimum absolute atomic E-state index is 0.186. The maximum atomic E-state index is 11.5. The van der Waals surface area contributed by atoms with Crippen molar-refractivity contribution in [1.82, 2.24) is 10.6 Å². The van der Waals surface area contributed by atoms with E-state index in [1.54, 1.807) is 0 Å². The molecular weight excluding hydrogens is 268 g/mol. The van der Waals surface area contributed by atoms with Gasteiger partial charge in [-0.2, -0.15) is 0 Å². The maximum Gasteiger partial charge on any atom is 0.407 e. The number of rotatable bonds is 11. The highest BCUT2D eigenvalue weighted by molar-refractivity contribution is 5.67. The number of alkyl carbamates (subject to hydrolysis) is 1. The zero-order chi connectivity index (χ0) is 15.2. The second-order valence-electron chi connectivity index (χ2n) is 4.86. The number of aliphatic hydroxyl groups excluding tert-OH is 1. The third-order valence-corrected chi connectivity index (χ3v) is 3.05. The molecule has 0 aliphatic carbocycles. The van der Waals surface area contributed by atoms with Crippen molar-refractivity contribution < 1.29 is 14.6 Å². The molecule has 0 radical (unpaired) electrons. The Bertz CT molecular complexity index is 371. The maximum absolute atomic E-state index is 11.5. The first-order valence-corrected chi connectivity index (χ1v) is 7.59. The van der Waals surface area contributed by atoms with E-state index in [4.69, 9.17) is 9.84 Å². The van der Waals surface area contributed by atoms with Crippen molar-refractivity contribution in [3.8, 4) is 0 Å². The Hall–Kier alpha value is -1.59. The van der Waals surface area contributed by atoms with Crippen molar-refractivity contribution in [1.29, 1.82) is 0 Å². The van der Waals surface area contributed by atoms with Gasteiger partial charge >= 0.3 is 6.09 Å². The van der Waals surface area contributed by atoms with E-state index in [0.29, 0.717) is 19.7 Å². The van der Waals surface area contributed by atoms with Gasteiger partial charge in [-0.25, -0.2) is 4.79 Å². The molecule has 5 heteroatoms. The van der Waals surface area contributed by atoms with E-state index in [0.717, 1.165) is 37.8 Å². The van der Waals surface area contributed by atoms with Gasteiger partial charge in [0.2, 0.25) is 0 Å². The fourth-order valence-electron chi connectivity index (χ4n) is 1.90. The van der Waals surface area contributed by atoms with Crippen molar-refractivity contribution >= 4 is 6.09 Å². The Labute approximate surface area is 126 Å². The molecular formula is C16H26N2O3. The van der Waals surface area contributed by atoms with E-state index in [9.17, 15) is 4.79 Å². The molecule has 0 saturated heterocycles. The molecule has 1 rings (SSSR count). The third-order valence-electron chi connectivity index (χ3n) is 3.05. The van der Waals surface area contributed by atoms with Crippen LogP contribution in [-0.2, 0) is 11.3 Å².